The molecule has 0 atom stereocenters. The van der Waals surface area contributed by atoms with Crippen molar-refractivity contribution in [3.8, 4) is 0 Å². The highest BCUT2D eigenvalue weighted by molar-refractivity contribution is 6.03. The van der Waals surface area contributed by atoms with E-state index in [2.05, 4.69) is 154 Å². The number of fused-ring (bicyclic) bond motifs is 2. The largest absolute Gasteiger partial charge is 0.347 e. The van der Waals surface area contributed by atoms with Gasteiger partial charge in [-0.1, -0.05) is 92.7 Å². The van der Waals surface area contributed by atoms with E-state index in [1.807, 2.05) is 0 Å². The maximum atomic E-state index is 8.60. The fourth-order valence-corrected chi connectivity index (χ4v) is 7.20. The second kappa shape index (κ2) is 12.5. The number of nitrogens with zero attached hydrogens (tertiary/aromatic N) is 2. The third kappa shape index (κ3) is 6.62. The number of benzene rings is 3. The summed E-state index contributed by atoms with van der Waals surface area (Å²) in [5.41, 5.74) is 13.6. The molecule has 0 saturated heterocycles. The first-order valence-corrected chi connectivity index (χ1v) is 16.5. The van der Waals surface area contributed by atoms with E-state index in [1.54, 1.807) is 0 Å². The first-order valence-electron chi connectivity index (χ1n) is 15.3. The maximum absolute atomic E-state index is 8.60. The number of halogens is 1. The average Bonchev–Trinajstić information content (AvgIpc) is 3.31. The summed E-state index contributed by atoms with van der Waals surface area (Å²) in [6.45, 7) is 9.38. The number of para-hydroxylation sites is 2. The van der Waals surface area contributed by atoms with Gasteiger partial charge in [0.1, 0.15) is 7.05 Å². The SMILES string of the molecule is CN1/C(=C/C=C2\CCCC(/C=C/C3=[N+](C)c4ccccc4C3(C)C)=C2c2ccccc2)C(C)(C)c2ccccc21.[O-][Cl+3]([O-])([O-])O. The fourth-order valence-electron chi connectivity index (χ4n) is 7.20. The second-order valence-electron chi connectivity index (χ2n) is 12.9. The normalized spacial score (nSPS) is 20.5. The van der Waals surface area contributed by atoms with E-state index in [9.17, 15) is 0 Å². The van der Waals surface area contributed by atoms with Gasteiger partial charge in [-0.05, 0) is 73.1 Å². The Bertz CT molecular complexity index is 1730. The minimum atomic E-state index is -4.69. The number of likely N-dealkylation sites (N-methyl/N-ethyl adjacent to an activating group) is 1. The molecule has 3 aromatic carbocycles. The van der Waals surface area contributed by atoms with Crippen LogP contribution in [0.4, 0.5) is 11.4 Å². The molecule has 1 N–H and O–H groups in total. The summed E-state index contributed by atoms with van der Waals surface area (Å²) in [5, 5.41) is 0. The van der Waals surface area contributed by atoms with Gasteiger partial charge in [0.15, 0.2) is 5.71 Å². The highest BCUT2D eigenvalue weighted by Gasteiger charge is 2.42. The summed E-state index contributed by atoms with van der Waals surface area (Å²) in [6.07, 6.45) is 12.9. The van der Waals surface area contributed by atoms with E-state index in [0.717, 1.165) is 12.8 Å². The third-order valence-electron chi connectivity index (χ3n) is 9.36. The average molecular weight is 626 g/mol. The van der Waals surface area contributed by atoms with Crippen molar-refractivity contribution in [2.75, 3.05) is 19.0 Å². The molecule has 6 rings (SSSR count). The Balaban J connectivity index is 0.000000743. The van der Waals surface area contributed by atoms with Crippen LogP contribution in [0.15, 0.2) is 120 Å². The Morgan fingerprint density at radius 1 is 0.778 bits per heavy atom. The molecular weight excluding hydrogens is 584 g/mol. The van der Waals surface area contributed by atoms with Crippen molar-refractivity contribution in [1.29, 1.82) is 0 Å². The lowest BCUT2D eigenvalue weighted by atomic mass is 9.79. The van der Waals surface area contributed by atoms with Crippen molar-refractivity contribution in [1.82, 2.24) is 0 Å². The van der Waals surface area contributed by atoms with Gasteiger partial charge in [-0.3, -0.25) is 0 Å². The van der Waals surface area contributed by atoms with Crippen LogP contribution in [0.5, 0.6) is 0 Å². The smallest absolute Gasteiger partial charge is 0.209 e. The minimum absolute atomic E-state index is 0.0271. The van der Waals surface area contributed by atoms with Gasteiger partial charge in [-0.25, -0.2) is 0 Å². The molecule has 0 unspecified atom stereocenters. The van der Waals surface area contributed by atoms with Crippen LogP contribution in [0.25, 0.3) is 5.57 Å². The molecule has 2 aliphatic heterocycles. The van der Waals surface area contributed by atoms with Crippen molar-refractivity contribution < 1.29 is 33.5 Å². The lowest BCUT2D eigenvalue weighted by Crippen LogP contribution is -2.58. The third-order valence-corrected chi connectivity index (χ3v) is 9.36. The van der Waals surface area contributed by atoms with Crippen molar-refractivity contribution in [2.45, 2.75) is 57.8 Å². The molecule has 6 nitrogen and oxygen atoms in total. The van der Waals surface area contributed by atoms with Gasteiger partial charge in [-0.2, -0.15) is 18.6 Å². The summed E-state index contributed by atoms with van der Waals surface area (Å²) in [7, 11) is -0.286. The van der Waals surface area contributed by atoms with Crippen molar-refractivity contribution >= 4 is 22.7 Å². The van der Waals surface area contributed by atoms with Crippen LogP contribution in [0.2, 0.25) is 0 Å². The Kier molecular flexibility index (Phi) is 9.09. The molecule has 0 radical (unpaired) electrons. The van der Waals surface area contributed by atoms with Gasteiger partial charge in [0.25, 0.3) is 0 Å². The number of hydrogen-bond acceptors (Lipinski definition) is 5. The quantitative estimate of drug-likeness (QED) is 0.412. The van der Waals surface area contributed by atoms with E-state index in [-0.39, 0.29) is 10.8 Å². The molecular formula is C38H42ClN2O4+. The lowest BCUT2D eigenvalue weighted by Gasteiger charge is -2.25. The molecule has 3 aliphatic rings. The van der Waals surface area contributed by atoms with E-state index in [1.165, 1.54) is 62.6 Å². The molecule has 0 spiro atoms. The summed E-state index contributed by atoms with van der Waals surface area (Å²) >= 11 is 0. The van der Waals surface area contributed by atoms with Crippen LogP contribution in [-0.2, 0) is 10.8 Å². The van der Waals surface area contributed by atoms with Crippen molar-refractivity contribution in [3.05, 3.63) is 137 Å². The monoisotopic (exact) mass is 625 g/mol. The predicted molar refractivity (Wildman–Crippen MR) is 173 cm³/mol. The molecule has 0 fully saturated rings. The Morgan fingerprint density at radius 3 is 2.02 bits per heavy atom. The number of rotatable bonds is 4. The Morgan fingerprint density at radius 2 is 1.38 bits per heavy atom. The van der Waals surface area contributed by atoms with Gasteiger partial charge in [0.2, 0.25) is 5.69 Å². The van der Waals surface area contributed by atoms with Crippen LogP contribution in [0.3, 0.4) is 0 Å². The summed E-state index contributed by atoms with van der Waals surface area (Å²) in [5.74, 6) is 0. The molecule has 3 aromatic rings. The number of allylic oxidation sites excluding steroid dienone is 8. The fraction of sp³-hybridized carbons (Fsp3) is 0.289. The van der Waals surface area contributed by atoms with Crippen LogP contribution in [-0.4, -0.2) is 29.0 Å². The zero-order valence-electron chi connectivity index (χ0n) is 26.9. The Hall–Kier alpha value is -3.78. The topological polar surface area (TPSA) is 95.7 Å². The summed E-state index contributed by atoms with van der Waals surface area (Å²) in [4.78, 5) is 2.37. The van der Waals surface area contributed by atoms with Gasteiger partial charge in [-0.15, -0.1) is 0 Å². The molecule has 0 saturated carbocycles. The predicted octanol–water partition coefficient (Wildman–Crippen LogP) is 5.00. The molecule has 2 heterocycles. The molecule has 45 heavy (non-hydrogen) atoms. The van der Waals surface area contributed by atoms with Gasteiger partial charge >= 0.3 is 0 Å². The van der Waals surface area contributed by atoms with Crippen LogP contribution in [0.1, 0.15) is 63.6 Å². The summed E-state index contributed by atoms with van der Waals surface area (Å²) in [6, 6.07) is 28.6. The van der Waals surface area contributed by atoms with Crippen molar-refractivity contribution in [3.63, 3.8) is 0 Å². The Labute approximate surface area is 269 Å². The second-order valence-corrected chi connectivity index (χ2v) is 13.7. The van der Waals surface area contributed by atoms with Gasteiger partial charge in [0.05, 0.1) is 20.3 Å². The zero-order valence-corrected chi connectivity index (χ0v) is 27.6. The van der Waals surface area contributed by atoms with E-state index in [4.69, 9.17) is 18.6 Å². The highest BCUT2D eigenvalue weighted by Crippen LogP contribution is 2.47. The zero-order chi connectivity index (χ0) is 32.6. The van der Waals surface area contributed by atoms with E-state index in [0.29, 0.717) is 0 Å². The summed E-state index contributed by atoms with van der Waals surface area (Å²) < 4.78 is 35.1. The first kappa shape index (κ1) is 32.6. The molecule has 0 bridgehead atoms. The highest BCUT2D eigenvalue weighted by atomic mass is 35.7. The maximum Gasteiger partial charge on any atom is 0.209 e. The lowest BCUT2D eigenvalue weighted by molar-refractivity contribution is -1.92. The standard InChI is InChI=1S/C38H41N2.ClHO4/c1-37(2)30-19-10-12-21-32(30)39(5)34(37)25-23-28-17-14-18-29(36(28)27-15-8-7-9-16-27)24-26-35-38(3,4)31-20-11-13-22-33(31)40(35)6;2-1(3,4)5/h7-13,15-16,19-26H,14,17-18H2,1-6H3;(H,2,3,4,5)/q+1;. The van der Waals surface area contributed by atoms with Crippen LogP contribution >= 0.6 is 0 Å². The molecule has 7 heteroatoms. The molecule has 0 amide bonds. The van der Waals surface area contributed by atoms with E-state index < -0.39 is 10.2 Å². The van der Waals surface area contributed by atoms with E-state index >= 15 is 0 Å². The van der Waals surface area contributed by atoms with Gasteiger partial charge in [0, 0.05) is 41.6 Å². The van der Waals surface area contributed by atoms with Crippen molar-refractivity contribution in [2.24, 2.45) is 0 Å². The van der Waals surface area contributed by atoms with Crippen LogP contribution < -0.4 is 18.9 Å². The molecule has 234 valence electrons. The number of hydrogen-bond donors (Lipinski definition) is 1. The molecule has 0 aromatic heterocycles. The molecule has 1 aliphatic carbocycles. The minimum Gasteiger partial charge on any atom is -0.347 e. The first-order chi connectivity index (χ1) is 21.2. The van der Waals surface area contributed by atoms with Gasteiger partial charge < -0.3 is 4.90 Å². The van der Waals surface area contributed by atoms with Crippen LogP contribution in [0, 0.1) is 10.2 Å². The number of anilines is 1.